The number of nitrogens with zero attached hydrogens (tertiary/aromatic N) is 2. The highest BCUT2D eigenvalue weighted by Gasteiger charge is 2.69. The molecule has 3 fully saturated rings. The highest BCUT2D eigenvalue weighted by molar-refractivity contribution is 7.15. The monoisotopic (exact) mass is 428 g/mol. The van der Waals surface area contributed by atoms with Gasteiger partial charge in [0.25, 0.3) is 0 Å². The van der Waals surface area contributed by atoms with E-state index >= 15 is 0 Å². The Bertz CT molecular complexity index is 840. The molecular formula is C23H32N4O2S. The number of aryl methyl sites for hydroxylation is 1. The third-order valence-electron chi connectivity index (χ3n) is 7.70. The first-order chi connectivity index (χ1) is 14.6. The van der Waals surface area contributed by atoms with Crippen molar-refractivity contribution in [3.05, 3.63) is 23.2 Å². The molecular weight excluding hydrogens is 396 g/mol. The van der Waals surface area contributed by atoms with Gasteiger partial charge in [-0.2, -0.15) is 0 Å². The van der Waals surface area contributed by atoms with Crippen LogP contribution in [0.5, 0.6) is 0 Å². The molecule has 2 heterocycles. The van der Waals surface area contributed by atoms with Crippen LogP contribution in [-0.2, 0) is 9.59 Å². The number of anilines is 1. The zero-order valence-corrected chi connectivity index (χ0v) is 18.5. The minimum atomic E-state index is -0.281. The second-order valence-electron chi connectivity index (χ2n) is 9.53. The zero-order valence-electron chi connectivity index (χ0n) is 17.7. The molecule has 4 aliphatic rings. The van der Waals surface area contributed by atoms with Gasteiger partial charge in [-0.15, -0.1) is 11.3 Å². The van der Waals surface area contributed by atoms with Crippen LogP contribution in [0.3, 0.4) is 0 Å². The van der Waals surface area contributed by atoms with Crippen LogP contribution >= 0.6 is 11.3 Å². The fraction of sp³-hybridized carbons (Fsp3) is 0.696. The Labute approximate surface area is 182 Å². The minimum Gasteiger partial charge on any atom is -0.356 e. The van der Waals surface area contributed by atoms with Gasteiger partial charge in [-0.25, -0.2) is 4.98 Å². The van der Waals surface area contributed by atoms with Crippen molar-refractivity contribution < 1.29 is 9.59 Å². The van der Waals surface area contributed by atoms with Crippen LogP contribution in [0.15, 0.2) is 18.3 Å². The number of aromatic nitrogens is 1. The van der Waals surface area contributed by atoms with Crippen molar-refractivity contribution in [2.45, 2.75) is 45.4 Å². The van der Waals surface area contributed by atoms with E-state index in [0.717, 1.165) is 37.1 Å². The SMILES string of the molecule is Cc1cnc(NC(=O)[C@H]2[C@H](C(=O)NCCCCN3CCCC3)[C@H]3C=C[C@@H]2C32CC2)s1. The summed E-state index contributed by atoms with van der Waals surface area (Å²) in [6.07, 6.45) is 13.2. The van der Waals surface area contributed by atoms with E-state index in [0.29, 0.717) is 11.7 Å². The number of hydrogen-bond donors (Lipinski definition) is 2. The molecule has 1 aliphatic heterocycles. The Morgan fingerprint density at radius 3 is 2.47 bits per heavy atom. The van der Waals surface area contributed by atoms with E-state index in [1.165, 1.54) is 37.3 Å². The molecule has 2 amide bonds. The lowest BCUT2D eigenvalue weighted by atomic mass is 9.81. The van der Waals surface area contributed by atoms with Gasteiger partial charge in [-0.05, 0) is 82.3 Å². The van der Waals surface area contributed by atoms with Crippen LogP contribution in [0, 0.1) is 36.0 Å². The first-order valence-corrected chi connectivity index (χ1v) is 12.3. The number of carbonyl (C=O) groups excluding carboxylic acids is 2. The van der Waals surface area contributed by atoms with Crippen LogP contribution in [0.1, 0.15) is 43.4 Å². The number of carbonyl (C=O) groups is 2. The Morgan fingerprint density at radius 1 is 1.13 bits per heavy atom. The normalized spacial score (nSPS) is 30.8. The van der Waals surface area contributed by atoms with E-state index in [1.54, 1.807) is 6.20 Å². The molecule has 6 nitrogen and oxygen atoms in total. The fourth-order valence-electron chi connectivity index (χ4n) is 6.11. The Morgan fingerprint density at radius 2 is 1.83 bits per heavy atom. The number of allylic oxidation sites excluding steroid dienone is 2. The van der Waals surface area contributed by atoms with Crippen LogP contribution in [0.25, 0.3) is 0 Å². The maximum Gasteiger partial charge on any atom is 0.230 e. The maximum absolute atomic E-state index is 13.2. The number of likely N-dealkylation sites (tertiary alicyclic amines) is 1. The van der Waals surface area contributed by atoms with Crippen molar-refractivity contribution in [3.8, 4) is 0 Å². The molecule has 0 radical (unpaired) electrons. The van der Waals surface area contributed by atoms with Gasteiger partial charge in [0.05, 0.1) is 11.8 Å². The minimum absolute atomic E-state index is 0.0401. The van der Waals surface area contributed by atoms with Crippen molar-refractivity contribution in [3.63, 3.8) is 0 Å². The molecule has 7 heteroatoms. The predicted octanol–water partition coefficient (Wildman–Crippen LogP) is 3.21. The van der Waals surface area contributed by atoms with Gasteiger partial charge in [0.1, 0.15) is 0 Å². The van der Waals surface area contributed by atoms with Gasteiger partial charge in [0.2, 0.25) is 11.8 Å². The molecule has 5 rings (SSSR count). The molecule has 3 aliphatic carbocycles. The molecule has 4 atom stereocenters. The summed E-state index contributed by atoms with van der Waals surface area (Å²) in [7, 11) is 0. The Kier molecular flexibility index (Phi) is 5.44. The summed E-state index contributed by atoms with van der Waals surface area (Å²) in [6.45, 7) is 6.26. The van der Waals surface area contributed by atoms with E-state index in [9.17, 15) is 9.59 Å². The lowest BCUT2D eigenvalue weighted by Crippen LogP contribution is -2.42. The molecule has 0 aromatic carbocycles. The lowest BCUT2D eigenvalue weighted by Gasteiger charge is -2.26. The Balaban J connectivity index is 1.20. The van der Waals surface area contributed by atoms with E-state index in [1.807, 2.05) is 6.92 Å². The summed E-state index contributed by atoms with van der Waals surface area (Å²) in [5, 5.41) is 6.80. The van der Waals surface area contributed by atoms with E-state index in [2.05, 4.69) is 32.7 Å². The van der Waals surface area contributed by atoms with Crippen molar-refractivity contribution in [2.24, 2.45) is 29.1 Å². The topological polar surface area (TPSA) is 74.3 Å². The lowest BCUT2D eigenvalue weighted by molar-refractivity contribution is -0.132. The van der Waals surface area contributed by atoms with Gasteiger partial charge >= 0.3 is 0 Å². The average molecular weight is 429 g/mol. The zero-order chi connectivity index (χ0) is 20.7. The van der Waals surface area contributed by atoms with Gasteiger partial charge in [-0.1, -0.05) is 12.2 Å². The van der Waals surface area contributed by atoms with E-state index < -0.39 is 0 Å². The molecule has 1 spiro atoms. The fourth-order valence-corrected chi connectivity index (χ4v) is 6.77. The highest BCUT2D eigenvalue weighted by atomic mass is 32.1. The summed E-state index contributed by atoms with van der Waals surface area (Å²) in [4.78, 5) is 34.3. The second-order valence-corrected chi connectivity index (χ2v) is 10.8. The molecule has 30 heavy (non-hydrogen) atoms. The quantitative estimate of drug-likeness (QED) is 0.493. The van der Waals surface area contributed by atoms with Crippen LogP contribution in [0.2, 0.25) is 0 Å². The van der Waals surface area contributed by atoms with Crippen LogP contribution < -0.4 is 10.6 Å². The number of unbranched alkanes of at least 4 members (excludes halogenated alkanes) is 1. The van der Waals surface area contributed by atoms with Crippen LogP contribution in [0.4, 0.5) is 5.13 Å². The van der Waals surface area contributed by atoms with Crippen LogP contribution in [-0.4, -0.2) is 47.9 Å². The summed E-state index contributed by atoms with van der Waals surface area (Å²) < 4.78 is 0. The van der Waals surface area contributed by atoms with Crippen molar-refractivity contribution in [1.29, 1.82) is 0 Å². The highest BCUT2D eigenvalue weighted by Crippen LogP contribution is 2.72. The number of amides is 2. The molecule has 1 aromatic rings. The third-order valence-corrected chi connectivity index (χ3v) is 8.53. The Hall–Kier alpha value is -1.73. The van der Waals surface area contributed by atoms with E-state index in [4.69, 9.17) is 0 Å². The van der Waals surface area contributed by atoms with E-state index in [-0.39, 0.29) is 40.9 Å². The number of hydrogen-bond acceptors (Lipinski definition) is 5. The summed E-state index contributed by atoms with van der Waals surface area (Å²) in [6, 6.07) is 0. The first-order valence-electron chi connectivity index (χ1n) is 11.5. The number of nitrogens with one attached hydrogen (secondary N) is 2. The van der Waals surface area contributed by atoms with Gasteiger partial charge < -0.3 is 15.5 Å². The first kappa shape index (κ1) is 20.2. The maximum atomic E-state index is 13.2. The number of rotatable bonds is 8. The molecule has 1 saturated heterocycles. The van der Waals surface area contributed by atoms with Crippen molar-refractivity contribution in [1.82, 2.24) is 15.2 Å². The standard InChI is InChI=1S/C23H32N4O2S/c1-15-14-25-22(30-15)26-21(29)19-17-7-6-16(23(17)8-9-23)18(19)20(28)24-10-2-3-11-27-12-4-5-13-27/h6-7,14,16-19H,2-5,8-13H2,1H3,(H,24,28)(H,25,26,29)/t16-,17+,18-,19-/m1/s1. The number of thiazole rings is 1. The van der Waals surface area contributed by atoms with Crippen molar-refractivity contribution in [2.75, 3.05) is 31.5 Å². The molecule has 2 N–H and O–H groups in total. The van der Waals surface area contributed by atoms with Gasteiger partial charge in [0.15, 0.2) is 5.13 Å². The predicted molar refractivity (Wildman–Crippen MR) is 118 cm³/mol. The second kappa shape index (κ2) is 8.08. The molecule has 1 aromatic heterocycles. The van der Waals surface area contributed by atoms with Gasteiger partial charge in [-0.3, -0.25) is 9.59 Å². The third kappa shape index (κ3) is 3.60. The molecule has 0 unspecified atom stereocenters. The summed E-state index contributed by atoms with van der Waals surface area (Å²) >= 11 is 1.48. The average Bonchev–Trinajstić information content (AvgIpc) is 3.02. The summed E-state index contributed by atoms with van der Waals surface area (Å²) in [5.74, 6) is -0.106. The summed E-state index contributed by atoms with van der Waals surface area (Å²) in [5.41, 5.74) is 0.165. The van der Waals surface area contributed by atoms with Gasteiger partial charge in [0, 0.05) is 17.6 Å². The molecule has 162 valence electrons. The molecule has 2 saturated carbocycles. The molecule has 2 bridgehead atoms. The van der Waals surface area contributed by atoms with Crippen molar-refractivity contribution >= 4 is 28.3 Å². The largest absolute Gasteiger partial charge is 0.356 e. The smallest absolute Gasteiger partial charge is 0.230 e.